The van der Waals surface area contributed by atoms with Crippen LogP contribution in [0.25, 0.3) is 0 Å². The number of ether oxygens (including phenoxy) is 2. The third-order valence-corrected chi connectivity index (χ3v) is 9.14. The van der Waals surface area contributed by atoms with Crippen molar-refractivity contribution in [3.8, 4) is 5.75 Å². The van der Waals surface area contributed by atoms with Gasteiger partial charge in [0.1, 0.15) is 11.9 Å². The molecule has 3 N–H and O–H groups in total. The van der Waals surface area contributed by atoms with Gasteiger partial charge in [0.2, 0.25) is 11.8 Å². The first-order valence-corrected chi connectivity index (χ1v) is 15.3. The number of aromatic nitrogens is 2. The van der Waals surface area contributed by atoms with E-state index in [0.717, 1.165) is 6.20 Å². The number of nitrogens with zero attached hydrogens (tertiary/aromatic N) is 4. The van der Waals surface area contributed by atoms with Crippen LogP contribution in [0, 0.1) is 10.1 Å². The molecule has 0 aliphatic carbocycles. The number of anilines is 4. The van der Waals surface area contributed by atoms with Gasteiger partial charge in [0.25, 0.3) is 13.4 Å². The Morgan fingerprint density at radius 3 is 2.57 bits per heavy atom. The molecule has 14 nitrogen and oxygen atoms in total. The number of carbonyl (C=O) groups is 1. The monoisotopic (exact) mass is 599 g/mol. The van der Waals surface area contributed by atoms with Crippen molar-refractivity contribution in [2.45, 2.75) is 13.3 Å². The van der Waals surface area contributed by atoms with E-state index >= 15 is 0 Å². The highest BCUT2D eigenvalue weighted by Gasteiger charge is 2.32. The van der Waals surface area contributed by atoms with Crippen LogP contribution in [-0.4, -0.2) is 78.2 Å². The second-order valence-corrected chi connectivity index (χ2v) is 11.7. The summed E-state index contributed by atoms with van der Waals surface area (Å²) in [5.41, 5.74) is 0.938. The van der Waals surface area contributed by atoms with E-state index in [1.807, 2.05) is 11.6 Å². The van der Waals surface area contributed by atoms with Crippen molar-refractivity contribution in [3.05, 3.63) is 70.4 Å². The fourth-order valence-electron chi connectivity index (χ4n) is 4.28. The molecule has 0 spiro atoms. The molecule has 1 fully saturated rings. The maximum Gasteiger partial charge on any atom is 0.329 e. The molecule has 2 aromatic carbocycles. The Hall–Kier alpha value is -4.10. The minimum Gasteiger partial charge on any atom is -0.494 e. The summed E-state index contributed by atoms with van der Waals surface area (Å²) >= 11 is 0. The molecule has 2 heterocycles. The van der Waals surface area contributed by atoms with Crippen molar-refractivity contribution in [2.75, 3.05) is 63.4 Å². The minimum absolute atomic E-state index is 0.0739. The van der Waals surface area contributed by atoms with Gasteiger partial charge in [0.15, 0.2) is 0 Å². The average molecular weight is 600 g/mol. The first-order valence-electron chi connectivity index (χ1n) is 13.5. The Morgan fingerprint density at radius 2 is 1.88 bits per heavy atom. The van der Waals surface area contributed by atoms with Gasteiger partial charge in [-0.15, -0.1) is 0 Å². The lowest BCUT2D eigenvalue weighted by Crippen LogP contribution is -2.35. The first kappa shape index (κ1) is 30.8. The molecular formula is C27H34N7O7P. The molecule has 4 rings (SSSR count). The number of carbonyl (C=O) groups excluding carboxylic acids is 1. The summed E-state index contributed by atoms with van der Waals surface area (Å²) in [6, 6.07) is 13.6. The Balaban J connectivity index is 1.37. The molecule has 15 heteroatoms. The zero-order chi connectivity index (χ0) is 30.0. The topological polar surface area (TPSA) is 170 Å². The van der Waals surface area contributed by atoms with E-state index in [2.05, 4.69) is 25.9 Å². The zero-order valence-corrected chi connectivity index (χ0v) is 24.3. The molecule has 0 saturated carbocycles. The Morgan fingerprint density at radius 1 is 1.14 bits per heavy atom. The Bertz CT molecular complexity index is 1420. The molecule has 1 aliphatic rings. The Kier molecular flexibility index (Phi) is 10.8. The van der Waals surface area contributed by atoms with Crippen LogP contribution in [0.15, 0.2) is 54.7 Å². The summed E-state index contributed by atoms with van der Waals surface area (Å²) in [6.07, 6.45) is 2.04. The van der Waals surface area contributed by atoms with Gasteiger partial charge in [-0.1, -0.05) is 12.1 Å². The van der Waals surface area contributed by atoms with E-state index in [-0.39, 0.29) is 23.4 Å². The molecule has 42 heavy (non-hydrogen) atoms. The number of hydrogen-bond acceptors (Lipinski definition) is 11. The largest absolute Gasteiger partial charge is 0.494 e. The third kappa shape index (κ3) is 8.01. The number of benzene rings is 2. The van der Waals surface area contributed by atoms with Gasteiger partial charge in [-0.2, -0.15) is 4.98 Å². The van der Waals surface area contributed by atoms with Crippen molar-refractivity contribution in [3.63, 3.8) is 0 Å². The number of hydrogen-bond donors (Lipinski definition) is 3. The van der Waals surface area contributed by atoms with Crippen molar-refractivity contribution < 1.29 is 28.3 Å². The number of para-hydroxylation sites is 1. The summed E-state index contributed by atoms with van der Waals surface area (Å²) in [7, 11) is -1.43. The van der Waals surface area contributed by atoms with Crippen molar-refractivity contribution in [1.29, 1.82) is 0 Å². The van der Waals surface area contributed by atoms with Crippen LogP contribution < -0.4 is 20.7 Å². The second-order valence-electron chi connectivity index (χ2n) is 9.13. The molecule has 1 aromatic heterocycles. The van der Waals surface area contributed by atoms with Crippen LogP contribution in [0.3, 0.4) is 0 Å². The fourth-order valence-corrected chi connectivity index (χ4v) is 6.56. The quantitative estimate of drug-likeness (QED) is 0.102. The lowest BCUT2D eigenvalue weighted by Gasteiger charge is -2.33. The number of morpholine rings is 1. The summed E-state index contributed by atoms with van der Waals surface area (Å²) in [5, 5.41) is 20.1. The molecule has 1 aliphatic heterocycles. The molecule has 3 aromatic rings. The van der Waals surface area contributed by atoms with Crippen LogP contribution in [-0.2, 0) is 13.8 Å². The lowest BCUT2D eigenvalue weighted by atomic mass is 10.1. The van der Waals surface area contributed by atoms with E-state index in [4.69, 9.17) is 14.0 Å². The van der Waals surface area contributed by atoms with Gasteiger partial charge in [-0.25, -0.2) is 9.65 Å². The summed E-state index contributed by atoms with van der Waals surface area (Å²) in [4.78, 5) is 31.6. The Labute approximate surface area is 243 Å². The number of rotatable bonds is 14. The van der Waals surface area contributed by atoms with Crippen molar-refractivity contribution in [2.24, 2.45) is 0 Å². The summed E-state index contributed by atoms with van der Waals surface area (Å²) in [5.74, 6) is 0.311. The highest BCUT2D eigenvalue weighted by atomic mass is 31.2. The molecule has 0 bridgehead atoms. The normalized spacial score (nSPS) is 14.9. The van der Waals surface area contributed by atoms with Gasteiger partial charge in [-0.3, -0.25) is 19.5 Å². The van der Waals surface area contributed by atoms with Crippen LogP contribution in [0.4, 0.5) is 28.8 Å². The van der Waals surface area contributed by atoms with E-state index in [9.17, 15) is 19.5 Å². The number of nitro groups is 1. The molecular weight excluding hydrogens is 565 g/mol. The predicted octanol–water partition coefficient (Wildman–Crippen LogP) is 4.56. The van der Waals surface area contributed by atoms with Gasteiger partial charge < -0.3 is 29.9 Å². The van der Waals surface area contributed by atoms with Gasteiger partial charge in [0, 0.05) is 32.0 Å². The van der Waals surface area contributed by atoms with Crippen molar-refractivity contribution in [1.82, 2.24) is 20.0 Å². The minimum atomic E-state index is -2.93. The number of amides is 1. The SMILES string of the molecule is CCOP(=O)(CCCOc1ccc(Nc2ncc([N+](=O)[O-])c(Nc3ccccc3C(=O)NC)n2)cc1)N1CCOCC1. The maximum absolute atomic E-state index is 13.4. The summed E-state index contributed by atoms with van der Waals surface area (Å²) < 4.78 is 32.1. The molecule has 1 saturated heterocycles. The van der Waals surface area contributed by atoms with E-state index in [0.29, 0.717) is 74.8 Å². The second kappa shape index (κ2) is 14.7. The van der Waals surface area contributed by atoms with Crippen LogP contribution in [0.2, 0.25) is 0 Å². The zero-order valence-electron chi connectivity index (χ0n) is 23.4. The maximum atomic E-state index is 13.4. The van der Waals surface area contributed by atoms with Gasteiger partial charge >= 0.3 is 5.69 Å². The van der Waals surface area contributed by atoms with Crippen LogP contribution >= 0.6 is 7.52 Å². The molecule has 1 amide bonds. The van der Waals surface area contributed by atoms with E-state index < -0.39 is 12.4 Å². The standard InChI is InChI=1S/C27H34N7O7P/c1-3-41-42(38,33-13-16-39-17-14-33)18-6-15-40-21-11-9-20(10-12-21)30-27-29-19-24(34(36)37)25(32-27)31-23-8-5-4-7-22(23)26(35)28-2/h4-5,7-12,19H,3,6,13-18H2,1-2H3,(H,28,35)(H2,29,30,31,32). The molecule has 1 atom stereocenters. The highest BCUT2D eigenvalue weighted by molar-refractivity contribution is 7.56. The molecule has 224 valence electrons. The van der Waals surface area contributed by atoms with Crippen LogP contribution in [0.5, 0.6) is 5.75 Å². The summed E-state index contributed by atoms with van der Waals surface area (Å²) in [6.45, 7) is 4.85. The molecule has 0 radical (unpaired) electrons. The smallest absolute Gasteiger partial charge is 0.329 e. The first-order chi connectivity index (χ1) is 20.3. The van der Waals surface area contributed by atoms with E-state index in [1.165, 1.54) is 7.05 Å². The molecule has 1 unspecified atom stereocenters. The number of nitrogens with one attached hydrogen (secondary N) is 3. The van der Waals surface area contributed by atoms with Gasteiger partial charge in [-0.05, 0) is 49.7 Å². The average Bonchev–Trinajstić information content (AvgIpc) is 3.00. The van der Waals surface area contributed by atoms with Crippen LogP contribution in [0.1, 0.15) is 23.7 Å². The lowest BCUT2D eigenvalue weighted by molar-refractivity contribution is -0.384. The predicted molar refractivity (Wildman–Crippen MR) is 158 cm³/mol. The third-order valence-electron chi connectivity index (χ3n) is 6.33. The van der Waals surface area contributed by atoms with Crippen molar-refractivity contribution >= 4 is 42.3 Å². The van der Waals surface area contributed by atoms with Gasteiger partial charge in [0.05, 0.1) is 42.6 Å². The fraction of sp³-hybridized carbons (Fsp3) is 0.370. The van der Waals surface area contributed by atoms with E-state index in [1.54, 1.807) is 48.5 Å². The highest BCUT2D eigenvalue weighted by Crippen LogP contribution is 2.51.